The van der Waals surface area contributed by atoms with E-state index in [1.165, 1.54) is 0 Å². The van der Waals surface area contributed by atoms with Crippen LogP contribution in [-0.4, -0.2) is 60.1 Å². The first-order valence-corrected chi connectivity index (χ1v) is 9.60. The Bertz CT molecular complexity index is 396. The fourth-order valence-corrected chi connectivity index (χ4v) is 4.10. The Balaban J connectivity index is 1.83. The Morgan fingerprint density at radius 3 is 2.43 bits per heavy atom. The lowest BCUT2D eigenvalue weighted by Crippen LogP contribution is -2.31. The van der Waals surface area contributed by atoms with Gasteiger partial charge >= 0.3 is 0 Å². The average molecular weight is 341 g/mol. The SMILES string of the molecule is CC1CC(O)C(COP([O-])(=S)OC2CC(C)OC2CO)O1. The Morgan fingerprint density at radius 1 is 1.24 bits per heavy atom. The number of ether oxygens (including phenoxy) is 2. The summed E-state index contributed by atoms with van der Waals surface area (Å²) in [6, 6.07) is 0. The number of hydrogen-bond acceptors (Lipinski definition) is 8. The zero-order valence-electron chi connectivity index (χ0n) is 12.1. The van der Waals surface area contributed by atoms with Gasteiger partial charge in [0.2, 0.25) is 0 Å². The van der Waals surface area contributed by atoms with Crippen molar-refractivity contribution in [2.45, 2.75) is 63.3 Å². The summed E-state index contributed by atoms with van der Waals surface area (Å²) in [4.78, 5) is 12.2. The molecule has 2 saturated heterocycles. The predicted octanol–water partition coefficient (Wildman–Crippen LogP) is -0.319. The summed E-state index contributed by atoms with van der Waals surface area (Å²) in [7, 11) is 0. The zero-order valence-corrected chi connectivity index (χ0v) is 13.8. The molecule has 2 heterocycles. The molecule has 0 saturated carbocycles. The summed E-state index contributed by atoms with van der Waals surface area (Å²) in [6.07, 6.45) is -1.46. The number of rotatable bonds is 6. The molecule has 2 aliphatic heterocycles. The second-order valence-corrected chi connectivity index (χ2v) is 8.28. The van der Waals surface area contributed by atoms with Crippen molar-refractivity contribution in [2.24, 2.45) is 0 Å². The van der Waals surface area contributed by atoms with Crippen molar-refractivity contribution in [3.63, 3.8) is 0 Å². The summed E-state index contributed by atoms with van der Waals surface area (Å²) in [5.41, 5.74) is 0. The summed E-state index contributed by atoms with van der Waals surface area (Å²) in [6.45, 7) is -0.348. The second kappa shape index (κ2) is 7.29. The molecule has 9 heteroatoms. The maximum absolute atomic E-state index is 12.2. The van der Waals surface area contributed by atoms with E-state index in [1.54, 1.807) is 0 Å². The standard InChI is InChI=1S/C12H23O7PS/c1-7-3-9(14)12(18-7)6-16-20(15,21)19-10-4-8(2)17-11(10)5-13/h7-14H,3-6H2,1-2H3,(H,15,21)/p-1. The smallest absolute Gasteiger partial charge is 0.116 e. The second-order valence-electron chi connectivity index (χ2n) is 5.58. The topological polar surface area (TPSA) is 100 Å². The molecule has 0 bridgehead atoms. The van der Waals surface area contributed by atoms with Gasteiger partial charge in [0.05, 0.1) is 37.6 Å². The van der Waals surface area contributed by atoms with Crippen LogP contribution in [0.1, 0.15) is 26.7 Å². The lowest BCUT2D eigenvalue weighted by molar-refractivity contribution is -0.215. The van der Waals surface area contributed by atoms with Gasteiger partial charge in [-0.1, -0.05) is 11.8 Å². The van der Waals surface area contributed by atoms with Crippen LogP contribution >= 0.6 is 6.72 Å². The highest BCUT2D eigenvalue weighted by Gasteiger charge is 2.36. The average Bonchev–Trinajstić information content (AvgIpc) is 2.88. The van der Waals surface area contributed by atoms with Gasteiger partial charge in [0.25, 0.3) is 0 Å². The molecule has 0 radical (unpaired) electrons. The minimum absolute atomic E-state index is 0.0677. The van der Waals surface area contributed by atoms with Crippen molar-refractivity contribution in [3.8, 4) is 0 Å². The molecule has 2 rings (SSSR count). The van der Waals surface area contributed by atoms with Gasteiger partial charge in [-0.3, -0.25) is 0 Å². The Labute approximate surface area is 129 Å². The van der Waals surface area contributed by atoms with Crippen LogP contribution in [0.4, 0.5) is 0 Å². The molecule has 2 fully saturated rings. The first kappa shape index (κ1) is 17.7. The third-order valence-electron chi connectivity index (χ3n) is 3.64. The molecule has 0 spiro atoms. The third-order valence-corrected chi connectivity index (χ3v) is 5.21. The molecule has 2 aliphatic rings. The molecule has 0 aliphatic carbocycles. The quantitative estimate of drug-likeness (QED) is 0.634. The molecular weight excluding hydrogens is 319 g/mol. The molecular formula is C12H22O7PS-. The minimum atomic E-state index is -3.72. The number of hydrogen-bond donors (Lipinski definition) is 2. The number of aliphatic hydroxyl groups is 2. The van der Waals surface area contributed by atoms with Gasteiger partial charge in [-0.2, -0.15) is 0 Å². The van der Waals surface area contributed by atoms with Crippen molar-refractivity contribution >= 4 is 18.5 Å². The van der Waals surface area contributed by atoms with Crippen LogP contribution in [0.25, 0.3) is 0 Å². The summed E-state index contributed by atoms with van der Waals surface area (Å²) < 4.78 is 21.3. The van der Waals surface area contributed by atoms with Crippen LogP contribution in [0.15, 0.2) is 0 Å². The monoisotopic (exact) mass is 341 g/mol. The van der Waals surface area contributed by atoms with Gasteiger partial charge in [0.1, 0.15) is 18.9 Å². The normalized spacial score (nSPS) is 43.1. The molecule has 7 unspecified atom stereocenters. The first-order valence-electron chi connectivity index (χ1n) is 7.04. The fourth-order valence-electron chi connectivity index (χ4n) is 2.64. The highest BCUT2D eigenvalue weighted by molar-refractivity contribution is 8.06. The minimum Gasteiger partial charge on any atom is -0.780 e. The maximum Gasteiger partial charge on any atom is 0.116 e. The summed E-state index contributed by atoms with van der Waals surface area (Å²) in [5.74, 6) is 0. The van der Waals surface area contributed by atoms with Gasteiger partial charge in [-0.25, -0.2) is 0 Å². The van der Waals surface area contributed by atoms with Gasteiger partial charge in [-0.05, 0) is 13.8 Å². The Kier molecular flexibility index (Phi) is 6.15. The van der Waals surface area contributed by atoms with Crippen LogP contribution < -0.4 is 4.89 Å². The molecule has 7 atom stereocenters. The van der Waals surface area contributed by atoms with E-state index in [2.05, 4.69) is 0 Å². The van der Waals surface area contributed by atoms with Crippen LogP contribution in [0.5, 0.6) is 0 Å². The third kappa shape index (κ3) is 4.92. The Hall–Kier alpha value is 0.370. The largest absolute Gasteiger partial charge is 0.780 e. The van der Waals surface area contributed by atoms with Gasteiger partial charge in [0, 0.05) is 12.8 Å². The van der Waals surface area contributed by atoms with Crippen molar-refractivity contribution < 1.29 is 33.6 Å². The molecule has 124 valence electrons. The zero-order chi connectivity index (χ0) is 15.6. The molecule has 0 aromatic rings. The van der Waals surface area contributed by atoms with Gasteiger partial charge in [-0.15, -0.1) is 0 Å². The fraction of sp³-hybridized carbons (Fsp3) is 1.00. The van der Waals surface area contributed by atoms with Crippen molar-refractivity contribution in [3.05, 3.63) is 0 Å². The van der Waals surface area contributed by atoms with Crippen LogP contribution in [0.2, 0.25) is 0 Å². The van der Waals surface area contributed by atoms with E-state index in [1.807, 2.05) is 13.8 Å². The summed E-state index contributed by atoms with van der Waals surface area (Å²) >= 11 is 4.86. The van der Waals surface area contributed by atoms with E-state index in [0.29, 0.717) is 12.8 Å². The van der Waals surface area contributed by atoms with E-state index >= 15 is 0 Å². The van der Waals surface area contributed by atoms with Crippen LogP contribution in [0, 0.1) is 0 Å². The van der Waals surface area contributed by atoms with E-state index in [0.717, 1.165) is 0 Å². The van der Waals surface area contributed by atoms with Crippen molar-refractivity contribution in [1.29, 1.82) is 0 Å². The molecule has 21 heavy (non-hydrogen) atoms. The van der Waals surface area contributed by atoms with Crippen molar-refractivity contribution in [1.82, 2.24) is 0 Å². The Morgan fingerprint density at radius 2 is 1.86 bits per heavy atom. The van der Waals surface area contributed by atoms with E-state index in [4.69, 9.17) is 30.3 Å². The van der Waals surface area contributed by atoms with Gasteiger partial charge in [0.15, 0.2) is 0 Å². The molecule has 0 aromatic heterocycles. The lowest BCUT2D eigenvalue weighted by atomic mass is 10.1. The predicted molar refractivity (Wildman–Crippen MR) is 76.1 cm³/mol. The van der Waals surface area contributed by atoms with Crippen LogP contribution in [-0.2, 0) is 30.3 Å². The highest BCUT2D eigenvalue weighted by Crippen LogP contribution is 2.44. The maximum atomic E-state index is 12.2. The molecule has 0 amide bonds. The van der Waals surface area contributed by atoms with Crippen LogP contribution in [0.3, 0.4) is 0 Å². The molecule has 2 N–H and O–H groups in total. The lowest BCUT2D eigenvalue weighted by Gasteiger charge is -2.32. The van der Waals surface area contributed by atoms with Gasteiger partial charge < -0.3 is 33.6 Å². The molecule has 7 nitrogen and oxygen atoms in total. The van der Waals surface area contributed by atoms with E-state index in [-0.39, 0.29) is 25.4 Å². The van der Waals surface area contributed by atoms with Crippen molar-refractivity contribution in [2.75, 3.05) is 13.2 Å². The van der Waals surface area contributed by atoms with E-state index < -0.39 is 31.1 Å². The summed E-state index contributed by atoms with van der Waals surface area (Å²) in [5, 5.41) is 18.9. The number of aliphatic hydroxyl groups excluding tert-OH is 2. The van der Waals surface area contributed by atoms with E-state index in [9.17, 15) is 15.1 Å². The first-order chi connectivity index (χ1) is 9.80. The molecule has 0 aromatic carbocycles. The highest BCUT2D eigenvalue weighted by atomic mass is 32.5.